The Hall–Kier alpha value is -1.36. The van der Waals surface area contributed by atoms with E-state index in [-0.39, 0.29) is 6.61 Å². The molecule has 0 aromatic heterocycles. The van der Waals surface area contributed by atoms with Crippen LogP contribution in [0.2, 0.25) is 5.02 Å². The van der Waals surface area contributed by atoms with Crippen LogP contribution in [0.25, 0.3) is 0 Å². The van der Waals surface area contributed by atoms with Gasteiger partial charge in [0.05, 0.1) is 17.3 Å². The van der Waals surface area contributed by atoms with Crippen molar-refractivity contribution in [2.75, 3.05) is 12.3 Å². The largest absolute Gasteiger partial charge is 0.462 e. The summed E-state index contributed by atoms with van der Waals surface area (Å²) in [6.45, 7) is 1.52. The number of anilines is 1. The third-order valence-electron chi connectivity index (χ3n) is 1.66. The zero-order valence-corrected chi connectivity index (χ0v) is 8.57. The van der Waals surface area contributed by atoms with Crippen molar-refractivity contribution in [1.29, 1.82) is 0 Å². The number of hydrogen-bond donors (Lipinski definition) is 1. The van der Waals surface area contributed by atoms with E-state index in [4.69, 9.17) is 17.3 Å². The predicted octanol–water partition coefficient (Wildman–Crippen LogP) is 2.38. The number of esters is 1. The van der Waals surface area contributed by atoms with E-state index < -0.39 is 33.9 Å². The molecule has 1 rings (SSSR count). The fourth-order valence-corrected chi connectivity index (χ4v) is 1.22. The monoisotopic (exact) mass is 235 g/mol. The van der Waals surface area contributed by atoms with Crippen molar-refractivity contribution in [3.63, 3.8) is 0 Å². The Labute approximate surface area is 89.8 Å². The minimum atomic E-state index is -1.16. The first kappa shape index (κ1) is 11.7. The molecular formula is C9H8ClF2NO2. The maximum Gasteiger partial charge on any atom is 0.344 e. The molecular weight excluding hydrogens is 228 g/mol. The van der Waals surface area contributed by atoms with Crippen LogP contribution in [0.4, 0.5) is 14.5 Å². The molecule has 0 saturated heterocycles. The van der Waals surface area contributed by atoms with Crippen LogP contribution in [0.5, 0.6) is 0 Å². The molecule has 1 aromatic rings. The van der Waals surface area contributed by atoms with E-state index in [9.17, 15) is 13.6 Å². The Morgan fingerprint density at radius 2 is 2.13 bits per heavy atom. The summed E-state index contributed by atoms with van der Waals surface area (Å²) >= 11 is 5.41. The van der Waals surface area contributed by atoms with E-state index in [1.54, 1.807) is 0 Å². The van der Waals surface area contributed by atoms with Crippen LogP contribution < -0.4 is 5.73 Å². The van der Waals surface area contributed by atoms with Crippen molar-refractivity contribution in [2.24, 2.45) is 0 Å². The lowest BCUT2D eigenvalue weighted by Crippen LogP contribution is -2.12. The summed E-state index contributed by atoms with van der Waals surface area (Å²) in [5.41, 5.74) is 3.93. The summed E-state index contributed by atoms with van der Waals surface area (Å²) in [4.78, 5) is 11.2. The number of rotatable bonds is 2. The topological polar surface area (TPSA) is 52.3 Å². The van der Waals surface area contributed by atoms with Gasteiger partial charge in [0.25, 0.3) is 0 Å². The number of carbonyl (C=O) groups is 1. The maximum absolute atomic E-state index is 13.3. The minimum Gasteiger partial charge on any atom is -0.462 e. The molecule has 0 atom stereocenters. The lowest BCUT2D eigenvalue weighted by Gasteiger charge is -2.07. The Morgan fingerprint density at radius 3 is 2.67 bits per heavy atom. The summed E-state index contributed by atoms with van der Waals surface area (Å²) in [6.07, 6.45) is 0. The summed E-state index contributed by atoms with van der Waals surface area (Å²) in [7, 11) is 0. The van der Waals surface area contributed by atoms with E-state index >= 15 is 0 Å². The smallest absolute Gasteiger partial charge is 0.344 e. The molecule has 0 unspecified atom stereocenters. The van der Waals surface area contributed by atoms with E-state index in [2.05, 4.69) is 4.74 Å². The van der Waals surface area contributed by atoms with Crippen LogP contribution in [0.3, 0.4) is 0 Å². The van der Waals surface area contributed by atoms with E-state index in [0.717, 1.165) is 6.07 Å². The van der Waals surface area contributed by atoms with Gasteiger partial charge < -0.3 is 10.5 Å². The average molecular weight is 236 g/mol. The molecule has 0 saturated carbocycles. The Bertz CT molecular complexity index is 383. The highest BCUT2D eigenvalue weighted by Crippen LogP contribution is 2.26. The SMILES string of the molecule is CCOC(=O)c1c(F)c(N)cc(Cl)c1F. The highest BCUT2D eigenvalue weighted by atomic mass is 35.5. The average Bonchev–Trinajstić information content (AvgIpc) is 2.16. The molecule has 2 N–H and O–H groups in total. The van der Waals surface area contributed by atoms with Crippen molar-refractivity contribution >= 4 is 23.3 Å². The molecule has 15 heavy (non-hydrogen) atoms. The van der Waals surface area contributed by atoms with Gasteiger partial charge in [0.15, 0.2) is 11.6 Å². The number of nitrogen functional groups attached to an aromatic ring is 1. The summed E-state index contributed by atoms with van der Waals surface area (Å²) in [6, 6.07) is 0.898. The molecule has 3 nitrogen and oxygen atoms in total. The summed E-state index contributed by atoms with van der Waals surface area (Å²) in [5.74, 6) is -3.45. The molecule has 6 heteroatoms. The van der Waals surface area contributed by atoms with Gasteiger partial charge in [0, 0.05) is 0 Å². The fourth-order valence-electron chi connectivity index (χ4n) is 1.01. The molecule has 0 aliphatic heterocycles. The van der Waals surface area contributed by atoms with E-state index in [0.29, 0.717) is 0 Å². The zero-order valence-electron chi connectivity index (χ0n) is 7.81. The van der Waals surface area contributed by atoms with Crippen LogP contribution in [0.15, 0.2) is 6.07 Å². The summed E-state index contributed by atoms with van der Waals surface area (Å²) in [5, 5.41) is -0.419. The molecule has 0 amide bonds. The molecule has 0 aliphatic carbocycles. The number of benzene rings is 1. The van der Waals surface area contributed by atoms with Crippen molar-refractivity contribution in [3.8, 4) is 0 Å². The fraction of sp³-hybridized carbons (Fsp3) is 0.222. The van der Waals surface area contributed by atoms with Gasteiger partial charge in [-0.25, -0.2) is 13.6 Å². The molecule has 0 spiro atoms. The molecule has 0 fully saturated rings. The Kier molecular flexibility index (Phi) is 3.47. The number of ether oxygens (including phenoxy) is 1. The molecule has 1 aromatic carbocycles. The standard InChI is InChI=1S/C9H8ClF2NO2/c1-2-15-9(14)6-7(11)4(10)3-5(13)8(6)12/h3H,2,13H2,1H3. The first-order valence-electron chi connectivity index (χ1n) is 4.09. The van der Waals surface area contributed by atoms with Gasteiger partial charge in [-0.3, -0.25) is 0 Å². The second-order valence-corrected chi connectivity index (χ2v) is 3.08. The van der Waals surface area contributed by atoms with Crippen molar-refractivity contribution < 1.29 is 18.3 Å². The van der Waals surface area contributed by atoms with Gasteiger partial charge in [0.1, 0.15) is 5.56 Å². The molecule has 0 heterocycles. The lowest BCUT2D eigenvalue weighted by molar-refractivity contribution is 0.0515. The number of carbonyl (C=O) groups excluding carboxylic acids is 1. The summed E-state index contributed by atoms with van der Waals surface area (Å²) < 4.78 is 31.0. The Morgan fingerprint density at radius 1 is 1.53 bits per heavy atom. The zero-order chi connectivity index (χ0) is 11.6. The van der Waals surface area contributed by atoms with Crippen molar-refractivity contribution in [2.45, 2.75) is 6.92 Å². The van der Waals surface area contributed by atoms with Crippen LogP contribution in [-0.4, -0.2) is 12.6 Å². The van der Waals surface area contributed by atoms with Crippen LogP contribution in [0, 0.1) is 11.6 Å². The van der Waals surface area contributed by atoms with Gasteiger partial charge in [0.2, 0.25) is 0 Å². The number of nitrogens with two attached hydrogens (primary N) is 1. The second-order valence-electron chi connectivity index (χ2n) is 2.67. The third kappa shape index (κ3) is 2.18. The quantitative estimate of drug-likeness (QED) is 0.486. The number of halogens is 3. The highest BCUT2D eigenvalue weighted by Gasteiger charge is 2.23. The first-order chi connectivity index (χ1) is 6.99. The van der Waals surface area contributed by atoms with E-state index in [1.807, 2.05) is 0 Å². The molecule has 0 bridgehead atoms. The molecule has 0 aliphatic rings. The molecule has 0 radical (unpaired) electrons. The van der Waals surface area contributed by atoms with Gasteiger partial charge in [-0.05, 0) is 13.0 Å². The predicted molar refractivity (Wildman–Crippen MR) is 51.7 cm³/mol. The maximum atomic E-state index is 13.3. The van der Waals surface area contributed by atoms with Crippen LogP contribution in [0.1, 0.15) is 17.3 Å². The highest BCUT2D eigenvalue weighted by molar-refractivity contribution is 6.31. The third-order valence-corrected chi connectivity index (χ3v) is 1.94. The van der Waals surface area contributed by atoms with Crippen molar-refractivity contribution in [3.05, 3.63) is 28.3 Å². The minimum absolute atomic E-state index is 0.00410. The van der Waals surface area contributed by atoms with Gasteiger partial charge in [-0.2, -0.15) is 0 Å². The van der Waals surface area contributed by atoms with Crippen molar-refractivity contribution in [1.82, 2.24) is 0 Å². The number of hydrogen-bond acceptors (Lipinski definition) is 3. The van der Waals surface area contributed by atoms with Gasteiger partial charge in [-0.15, -0.1) is 0 Å². The normalized spacial score (nSPS) is 10.1. The Balaban J connectivity index is 3.32. The van der Waals surface area contributed by atoms with Crippen LogP contribution in [-0.2, 0) is 4.74 Å². The van der Waals surface area contributed by atoms with Gasteiger partial charge >= 0.3 is 5.97 Å². The van der Waals surface area contributed by atoms with E-state index in [1.165, 1.54) is 6.92 Å². The first-order valence-corrected chi connectivity index (χ1v) is 4.46. The molecule has 82 valence electrons. The lowest BCUT2D eigenvalue weighted by atomic mass is 10.1. The van der Waals surface area contributed by atoms with Crippen LogP contribution >= 0.6 is 11.6 Å². The van der Waals surface area contributed by atoms with Gasteiger partial charge in [-0.1, -0.05) is 11.6 Å². The second kappa shape index (κ2) is 4.44.